The molecule has 0 bridgehead atoms. The summed E-state index contributed by atoms with van der Waals surface area (Å²) in [6.07, 6.45) is 16.3. The number of rotatable bonds is 6. The Morgan fingerprint density at radius 1 is 1.31 bits per heavy atom. The van der Waals surface area contributed by atoms with Crippen LogP contribution in [0.25, 0.3) is 12.7 Å². The molecule has 2 aromatic rings. The first kappa shape index (κ1) is 18.5. The van der Waals surface area contributed by atoms with Gasteiger partial charge in [-0.05, 0) is 36.0 Å². The normalized spacial score (nSPS) is 16.8. The minimum absolute atomic E-state index is 0.481. The Labute approximate surface area is 159 Å². The zero-order valence-electron chi connectivity index (χ0n) is 15.0. The topological polar surface area (TPSA) is 79.6 Å². The van der Waals surface area contributed by atoms with Crippen LogP contribution in [-0.2, 0) is 6.42 Å². The number of halogens is 1. The number of hydrogen-bond donors (Lipinski definition) is 3. The van der Waals surface area contributed by atoms with E-state index >= 15 is 0 Å². The van der Waals surface area contributed by atoms with Crippen molar-refractivity contribution in [1.82, 2.24) is 15.0 Å². The van der Waals surface area contributed by atoms with Crippen LogP contribution in [0, 0.1) is 5.92 Å². The second-order valence-corrected chi connectivity index (χ2v) is 7.32. The highest BCUT2D eigenvalue weighted by atomic mass is 35.5. The predicted octanol–water partition coefficient (Wildman–Crippen LogP) is 2.62. The van der Waals surface area contributed by atoms with Crippen molar-refractivity contribution in [3.05, 3.63) is 51.5 Å². The highest BCUT2D eigenvalue weighted by molar-refractivity contribution is 6.33. The number of aromatic nitrogens is 3. The molecule has 3 rings (SSSR count). The molecular formula is C20H26ClN5. The molecule has 0 unspecified atom stereocenters. The molecule has 0 aliphatic heterocycles. The molecule has 1 saturated carbocycles. The molecule has 0 radical (unpaired) electrons. The van der Waals surface area contributed by atoms with E-state index in [1.165, 1.54) is 38.3 Å². The maximum absolute atomic E-state index is 6.03. The van der Waals surface area contributed by atoms with Crippen LogP contribution in [0.2, 0.25) is 0 Å². The highest BCUT2D eigenvalue weighted by Gasteiger charge is 2.13. The fourth-order valence-electron chi connectivity index (χ4n) is 3.42. The molecule has 5 nitrogen and oxygen atoms in total. The van der Waals surface area contributed by atoms with Crippen molar-refractivity contribution in [3.63, 3.8) is 0 Å². The van der Waals surface area contributed by atoms with Gasteiger partial charge in [-0.1, -0.05) is 37.4 Å². The molecule has 0 spiro atoms. The number of hydrogen-bond acceptors (Lipinski definition) is 4. The Bertz CT molecular complexity index is 847. The maximum atomic E-state index is 6.03. The first-order chi connectivity index (χ1) is 12.7. The highest BCUT2D eigenvalue weighted by Crippen LogP contribution is 2.23. The van der Waals surface area contributed by atoms with E-state index in [1.807, 2.05) is 24.7 Å². The lowest BCUT2D eigenvalue weighted by Gasteiger charge is -2.21. The van der Waals surface area contributed by atoms with Gasteiger partial charge in [0.25, 0.3) is 0 Å². The van der Waals surface area contributed by atoms with Crippen LogP contribution in [0.4, 0.5) is 5.95 Å². The summed E-state index contributed by atoms with van der Waals surface area (Å²) in [6, 6.07) is 0. The van der Waals surface area contributed by atoms with Crippen molar-refractivity contribution >= 4 is 30.2 Å². The van der Waals surface area contributed by atoms with E-state index in [0.717, 1.165) is 34.2 Å². The summed E-state index contributed by atoms with van der Waals surface area (Å²) in [5, 5.41) is 5.62. The quantitative estimate of drug-likeness (QED) is 0.729. The Hall–Kier alpha value is -2.27. The van der Waals surface area contributed by atoms with Gasteiger partial charge in [-0.15, -0.1) is 0 Å². The van der Waals surface area contributed by atoms with Gasteiger partial charge in [0.1, 0.15) is 0 Å². The molecule has 1 aliphatic carbocycles. The molecule has 6 heteroatoms. The van der Waals surface area contributed by atoms with E-state index in [9.17, 15) is 0 Å². The zero-order valence-corrected chi connectivity index (χ0v) is 15.7. The molecule has 2 aromatic heterocycles. The summed E-state index contributed by atoms with van der Waals surface area (Å²) in [6.45, 7) is 4.96. The van der Waals surface area contributed by atoms with Gasteiger partial charge >= 0.3 is 0 Å². The fourth-order valence-corrected chi connectivity index (χ4v) is 3.53. The first-order valence-corrected chi connectivity index (χ1v) is 9.52. The minimum atomic E-state index is 0.481. The van der Waals surface area contributed by atoms with Gasteiger partial charge in [0, 0.05) is 48.3 Å². The van der Waals surface area contributed by atoms with Gasteiger partial charge in [0.2, 0.25) is 5.95 Å². The average molecular weight is 372 g/mol. The Balaban J connectivity index is 1.65. The number of H-pyrrole nitrogens is 1. The molecule has 1 fully saturated rings. The average Bonchev–Trinajstić information content (AvgIpc) is 3.01. The summed E-state index contributed by atoms with van der Waals surface area (Å²) < 4.78 is 0. The van der Waals surface area contributed by atoms with Crippen molar-refractivity contribution in [2.45, 2.75) is 38.5 Å². The van der Waals surface area contributed by atoms with Crippen molar-refractivity contribution < 1.29 is 0 Å². The molecule has 0 aromatic carbocycles. The number of allylic oxidation sites excluding steroid dienone is 1. The van der Waals surface area contributed by atoms with Gasteiger partial charge in [-0.2, -0.15) is 0 Å². The summed E-state index contributed by atoms with van der Waals surface area (Å²) in [4.78, 5) is 12.0. The lowest BCUT2D eigenvalue weighted by molar-refractivity contribution is 0.373. The SMILES string of the molecule is C=c1[nH]cc(Cc2cnc(NCC3CCCCC3)nc2)/c1=C/C(Cl)=C\N. The smallest absolute Gasteiger partial charge is 0.222 e. The molecule has 0 atom stereocenters. The number of aromatic amines is 1. The third kappa shape index (κ3) is 4.88. The summed E-state index contributed by atoms with van der Waals surface area (Å²) in [7, 11) is 0. The second-order valence-electron chi connectivity index (χ2n) is 6.88. The van der Waals surface area contributed by atoms with E-state index in [0.29, 0.717) is 17.4 Å². The first-order valence-electron chi connectivity index (χ1n) is 9.15. The lowest BCUT2D eigenvalue weighted by Crippen LogP contribution is -2.23. The molecule has 0 saturated heterocycles. The number of nitrogens with two attached hydrogens (primary N) is 1. The summed E-state index contributed by atoms with van der Waals surface area (Å²) >= 11 is 6.03. The molecule has 4 N–H and O–H groups in total. The number of nitrogens with zero attached hydrogens (tertiary/aromatic N) is 2. The second kappa shape index (κ2) is 8.90. The molecule has 2 heterocycles. The van der Waals surface area contributed by atoms with E-state index in [1.54, 1.807) is 0 Å². The van der Waals surface area contributed by atoms with Gasteiger partial charge < -0.3 is 16.0 Å². The van der Waals surface area contributed by atoms with Crippen LogP contribution in [0.3, 0.4) is 0 Å². The molecular weight excluding hydrogens is 346 g/mol. The molecule has 1 aliphatic rings. The molecule has 138 valence electrons. The summed E-state index contributed by atoms with van der Waals surface area (Å²) in [5.41, 5.74) is 7.58. The van der Waals surface area contributed by atoms with Crippen LogP contribution in [0.5, 0.6) is 0 Å². The van der Waals surface area contributed by atoms with E-state index in [4.69, 9.17) is 17.3 Å². The van der Waals surface area contributed by atoms with Crippen LogP contribution in [-0.4, -0.2) is 21.5 Å². The Kier molecular flexibility index (Phi) is 6.34. The summed E-state index contributed by atoms with van der Waals surface area (Å²) in [5.74, 6) is 1.45. The zero-order chi connectivity index (χ0) is 18.4. The monoisotopic (exact) mass is 371 g/mol. The Morgan fingerprint density at radius 3 is 2.73 bits per heavy atom. The van der Waals surface area contributed by atoms with E-state index < -0.39 is 0 Å². The van der Waals surface area contributed by atoms with Crippen LogP contribution >= 0.6 is 11.6 Å². The molecule has 0 amide bonds. The largest absolute Gasteiger partial charge is 0.403 e. The van der Waals surface area contributed by atoms with E-state index in [-0.39, 0.29) is 0 Å². The van der Waals surface area contributed by atoms with Crippen LogP contribution in [0.1, 0.15) is 43.2 Å². The van der Waals surface area contributed by atoms with Crippen LogP contribution < -0.4 is 21.6 Å². The van der Waals surface area contributed by atoms with Crippen LogP contribution in [0.15, 0.2) is 29.8 Å². The van der Waals surface area contributed by atoms with Crippen molar-refractivity contribution in [2.75, 3.05) is 11.9 Å². The van der Waals surface area contributed by atoms with Gasteiger partial charge in [-0.3, -0.25) is 0 Å². The van der Waals surface area contributed by atoms with Crippen molar-refractivity contribution in [1.29, 1.82) is 0 Å². The fraction of sp³-hybridized carbons (Fsp3) is 0.400. The Morgan fingerprint density at radius 2 is 2.04 bits per heavy atom. The standard InChI is InChI=1S/C20H26ClN5/c1-14-19(8-18(21)9-22)17(13-23-14)7-16-11-25-20(26-12-16)24-10-15-5-3-2-4-6-15/h8-9,11-13,15,23H,1-7,10,22H2,(H,24,25,26)/b18-9+,19-8+. The minimum Gasteiger partial charge on any atom is -0.403 e. The van der Waals surface area contributed by atoms with E-state index in [2.05, 4.69) is 26.8 Å². The third-order valence-corrected chi connectivity index (χ3v) is 5.14. The predicted molar refractivity (Wildman–Crippen MR) is 108 cm³/mol. The van der Waals surface area contributed by atoms with Gasteiger partial charge in [-0.25, -0.2) is 9.97 Å². The number of anilines is 1. The van der Waals surface area contributed by atoms with Gasteiger partial charge in [0.05, 0.1) is 5.03 Å². The maximum Gasteiger partial charge on any atom is 0.222 e. The number of nitrogens with one attached hydrogen (secondary N) is 2. The lowest BCUT2D eigenvalue weighted by atomic mass is 9.89. The third-order valence-electron chi connectivity index (χ3n) is 4.91. The van der Waals surface area contributed by atoms with Crippen molar-refractivity contribution in [3.8, 4) is 0 Å². The van der Waals surface area contributed by atoms with Gasteiger partial charge in [0.15, 0.2) is 0 Å². The van der Waals surface area contributed by atoms with Crippen molar-refractivity contribution in [2.24, 2.45) is 11.7 Å². The molecule has 26 heavy (non-hydrogen) atoms.